The molecule has 0 radical (unpaired) electrons. The van der Waals surface area contributed by atoms with Crippen LogP contribution in [0, 0.1) is 12.8 Å². The van der Waals surface area contributed by atoms with Crippen LogP contribution in [0.5, 0.6) is 11.5 Å². The minimum absolute atomic E-state index is 0.0229. The van der Waals surface area contributed by atoms with E-state index in [4.69, 9.17) is 14.2 Å². The summed E-state index contributed by atoms with van der Waals surface area (Å²) in [5, 5.41) is 22.9. The maximum Gasteiger partial charge on any atom is 0.229 e. The number of hydrogen-bond acceptors (Lipinski definition) is 6. The Morgan fingerprint density at radius 3 is 2.42 bits per heavy atom. The monoisotopic (exact) mass is 540 g/mol. The molecule has 1 aliphatic rings. The lowest BCUT2D eigenvalue weighted by atomic mass is 9.82. The van der Waals surface area contributed by atoms with Crippen LogP contribution < -0.4 is 9.47 Å². The summed E-state index contributed by atoms with van der Waals surface area (Å²) in [4.78, 5) is 13.3. The van der Waals surface area contributed by atoms with Gasteiger partial charge in [0.1, 0.15) is 17.6 Å². The first-order valence-electron chi connectivity index (χ1n) is 13.6. The van der Waals surface area contributed by atoms with Crippen LogP contribution in [0.1, 0.15) is 42.3 Å². The van der Waals surface area contributed by atoms with Crippen molar-refractivity contribution in [1.82, 2.24) is 0 Å². The Morgan fingerprint density at radius 1 is 0.925 bits per heavy atom. The number of ether oxygens (including phenoxy) is 3. The molecule has 2 N–H and O–H groups in total. The molecule has 0 spiro atoms. The van der Waals surface area contributed by atoms with Gasteiger partial charge in [-0.05, 0) is 73.0 Å². The summed E-state index contributed by atoms with van der Waals surface area (Å²) in [6, 6.07) is 25.2. The molecule has 0 saturated carbocycles. The van der Waals surface area contributed by atoms with Gasteiger partial charge in [-0.1, -0.05) is 61.0 Å². The van der Waals surface area contributed by atoms with Crippen LogP contribution in [-0.2, 0) is 11.2 Å². The van der Waals surface area contributed by atoms with Crippen LogP contribution >= 0.6 is 0 Å². The Morgan fingerprint density at radius 2 is 1.68 bits per heavy atom. The highest BCUT2D eigenvalue weighted by atomic mass is 16.7. The first-order chi connectivity index (χ1) is 19.1. The fourth-order valence-electron chi connectivity index (χ4n) is 5.24. The first kappa shape index (κ1) is 27.8. The van der Waals surface area contributed by atoms with E-state index in [0.717, 1.165) is 38.8 Å². The van der Waals surface area contributed by atoms with Crippen LogP contribution in [0.4, 0.5) is 0 Å². The molecule has 208 valence electrons. The molecule has 1 heterocycles. The van der Waals surface area contributed by atoms with Gasteiger partial charge in [0.15, 0.2) is 5.78 Å². The smallest absolute Gasteiger partial charge is 0.229 e. The summed E-state index contributed by atoms with van der Waals surface area (Å²) in [5.41, 5.74) is 3.93. The van der Waals surface area contributed by atoms with Crippen LogP contribution in [0.3, 0.4) is 0 Å². The SMILES string of the molecule is COc1ccc(C(=O)Cc2ccc3cc(OC4OC(C)(C)[C@H](C)[C@H](O)[C@@H]4O)ccc3c2)cc1-c1cccc(C)c1. The molecule has 0 aliphatic carbocycles. The fourth-order valence-corrected chi connectivity index (χ4v) is 5.24. The molecule has 4 atom stereocenters. The quantitative estimate of drug-likeness (QED) is 0.275. The summed E-state index contributed by atoms with van der Waals surface area (Å²) in [7, 11) is 1.64. The molecule has 5 rings (SSSR count). The number of aliphatic hydroxyl groups is 2. The lowest BCUT2D eigenvalue weighted by Gasteiger charge is -2.46. The third-order valence-corrected chi connectivity index (χ3v) is 8.00. The fraction of sp³-hybridized carbons (Fsp3) is 0.324. The van der Waals surface area contributed by atoms with Gasteiger partial charge in [-0.25, -0.2) is 0 Å². The molecule has 1 fully saturated rings. The van der Waals surface area contributed by atoms with Gasteiger partial charge in [0.05, 0.1) is 18.8 Å². The van der Waals surface area contributed by atoms with Gasteiger partial charge >= 0.3 is 0 Å². The third kappa shape index (κ3) is 5.61. The normalized spacial score (nSPS) is 22.2. The summed E-state index contributed by atoms with van der Waals surface area (Å²) in [6.07, 6.45) is -2.82. The van der Waals surface area contributed by atoms with Crippen molar-refractivity contribution < 1.29 is 29.2 Å². The topological polar surface area (TPSA) is 85.2 Å². The molecule has 4 aromatic rings. The molecule has 40 heavy (non-hydrogen) atoms. The zero-order valence-electron chi connectivity index (χ0n) is 23.5. The Balaban J connectivity index is 1.33. The van der Waals surface area contributed by atoms with Gasteiger partial charge in [-0.3, -0.25) is 4.79 Å². The molecular formula is C34H36O6. The van der Waals surface area contributed by atoms with Crippen molar-refractivity contribution in [1.29, 1.82) is 0 Å². The molecule has 1 aliphatic heterocycles. The zero-order chi connectivity index (χ0) is 28.6. The van der Waals surface area contributed by atoms with Crippen LogP contribution in [-0.4, -0.2) is 47.2 Å². The standard InChI is InChI=1S/C34H36O6/c1-20-7-6-8-25(15-20)28-19-26(12-14-30(28)38-5)29(35)17-22-9-10-24-18-27(13-11-23(24)16-22)39-33-32(37)31(36)21(2)34(3,4)40-33/h6-16,18-19,21,31-33,36-37H,17H2,1-5H3/t21-,31+,32+,33?/m1/s1. The molecule has 1 saturated heterocycles. The van der Waals surface area contributed by atoms with E-state index in [-0.39, 0.29) is 18.1 Å². The van der Waals surface area contributed by atoms with E-state index < -0.39 is 24.1 Å². The Hall–Kier alpha value is -3.71. The lowest BCUT2D eigenvalue weighted by molar-refractivity contribution is -0.284. The summed E-state index contributed by atoms with van der Waals surface area (Å²) >= 11 is 0. The van der Waals surface area contributed by atoms with Gasteiger partial charge in [0.25, 0.3) is 0 Å². The maximum atomic E-state index is 13.3. The molecule has 6 nitrogen and oxygen atoms in total. The lowest BCUT2D eigenvalue weighted by Crippen LogP contribution is -2.59. The summed E-state index contributed by atoms with van der Waals surface area (Å²) < 4.78 is 17.5. The largest absolute Gasteiger partial charge is 0.496 e. The van der Waals surface area contributed by atoms with Crippen LogP contribution in [0.25, 0.3) is 21.9 Å². The van der Waals surface area contributed by atoms with Gasteiger partial charge in [0, 0.05) is 23.5 Å². The summed E-state index contributed by atoms with van der Waals surface area (Å²) in [5.74, 6) is 1.03. The molecule has 1 unspecified atom stereocenters. The Bertz CT molecular complexity index is 1540. The number of Topliss-reactive ketones (excluding diaryl/α,β-unsaturated/α-hetero) is 1. The Labute approximate surface area is 235 Å². The number of carbonyl (C=O) groups is 1. The molecule has 0 bridgehead atoms. The van der Waals surface area contributed by atoms with E-state index in [1.54, 1.807) is 13.2 Å². The number of methoxy groups -OCH3 is 1. The van der Waals surface area contributed by atoms with Crippen LogP contribution in [0.15, 0.2) is 78.9 Å². The van der Waals surface area contributed by atoms with Gasteiger partial charge < -0.3 is 24.4 Å². The number of fused-ring (bicyclic) bond motifs is 1. The van der Waals surface area contributed by atoms with Crippen molar-refractivity contribution >= 4 is 16.6 Å². The number of aryl methyl sites for hydroxylation is 1. The van der Waals surface area contributed by atoms with Crippen molar-refractivity contribution in [2.45, 2.75) is 58.2 Å². The minimum atomic E-state index is -1.16. The van der Waals surface area contributed by atoms with E-state index in [1.165, 1.54) is 0 Å². The highest BCUT2D eigenvalue weighted by Crippen LogP contribution is 2.36. The molecular weight excluding hydrogens is 504 g/mol. The number of rotatable bonds is 7. The van der Waals surface area contributed by atoms with Crippen molar-refractivity contribution in [2.24, 2.45) is 5.92 Å². The second-order valence-electron chi connectivity index (χ2n) is 11.2. The van der Waals surface area contributed by atoms with E-state index in [2.05, 4.69) is 6.07 Å². The molecule has 4 aromatic carbocycles. The second-order valence-corrected chi connectivity index (χ2v) is 11.2. The number of ketones is 1. The van der Waals surface area contributed by atoms with Crippen molar-refractivity contribution in [3.63, 3.8) is 0 Å². The van der Waals surface area contributed by atoms with E-state index in [0.29, 0.717) is 11.3 Å². The van der Waals surface area contributed by atoms with Gasteiger partial charge in [-0.2, -0.15) is 0 Å². The van der Waals surface area contributed by atoms with Crippen molar-refractivity contribution in [2.75, 3.05) is 7.11 Å². The van der Waals surface area contributed by atoms with E-state index >= 15 is 0 Å². The minimum Gasteiger partial charge on any atom is -0.496 e. The number of hydrogen-bond donors (Lipinski definition) is 2. The van der Waals surface area contributed by atoms with E-state index in [1.807, 2.05) is 94.4 Å². The zero-order valence-corrected chi connectivity index (χ0v) is 23.5. The predicted molar refractivity (Wildman–Crippen MR) is 156 cm³/mol. The Kier molecular flexibility index (Phi) is 7.69. The molecule has 0 aromatic heterocycles. The van der Waals surface area contributed by atoms with E-state index in [9.17, 15) is 15.0 Å². The van der Waals surface area contributed by atoms with Crippen molar-refractivity contribution in [3.05, 3.63) is 95.6 Å². The van der Waals surface area contributed by atoms with Gasteiger partial charge in [0.2, 0.25) is 6.29 Å². The highest BCUT2D eigenvalue weighted by Gasteiger charge is 2.47. The first-order valence-corrected chi connectivity index (χ1v) is 13.6. The number of benzene rings is 4. The molecule has 6 heteroatoms. The third-order valence-electron chi connectivity index (χ3n) is 8.00. The highest BCUT2D eigenvalue weighted by molar-refractivity contribution is 5.99. The van der Waals surface area contributed by atoms with Crippen LogP contribution in [0.2, 0.25) is 0 Å². The number of carbonyl (C=O) groups excluding carboxylic acids is 1. The predicted octanol–water partition coefficient (Wildman–Crippen LogP) is 6.12. The maximum absolute atomic E-state index is 13.3. The number of aliphatic hydroxyl groups excluding tert-OH is 2. The average molecular weight is 541 g/mol. The second kappa shape index (κ2) is 11.0. The summed E-state index contributed by atoms with van der Waals surface area (Å²) in [6.45, 7) is 7.64. The van der Waals surface area contributed by atoms with Crippen molar-refractivity contribution in [3.8, 4) is 22.6 Å². The molecule has 0 amide bonds. The average Bonchev–Trinajstić information content (AvgIpc) is 2.94. The van der Waals surface area contributed by atoms with Gasteiger partial charge in [-0.15, -0.1) is 0 Å².